The van der Waals surface area contributed by atoms with E-state index in [1.54, 1.807) is 26.1 Å². The zero-order valence-electron chi connectivity index (χ0n) is 16.9. The lowest BCUT2D eigenvalue weighted by Gasteiger charge is -2.21. The molecular formula is C20H23F3N4O3. The highest BCUT2D eigenvalue weighted by Crippen LogP contribution is 2.35. The molecule has 30 heavy (non-hydrogen) atoms. The van der Waals surface area contributed by atoms with Crippen molar-refractivity contribution in [2.24, 2.45) is 4.99 Å². The maximum atomic E-state index is 13.1. The molecule has 7 nitrogen and oxygen atoms in total. The number of carbonyl (C=O) groups excluding carboxylic acids is 1. The van der Waals surface area contributed by atoms with Gasteiger partial charge >= 0.3 is 6.18 Å². The van der Waals surface area contributed by atoms with Crippen molar-refractivity contribution in [3.63, 3.8) is 0 Å². The maximum absolute atomic E-state index is 13.1. The van der Waals surface area contributed by atoms with Gasteiger partial charge < -0.3 is 25.8 Å². The van der Waals surface area contributed by atoms with Crippen LogP contribution in [0.15, 0.2) is 35.3 Å². The predicted molar refractivity (Wildman–Crippen MR) is 109 cm³/mol. The molecule has 1 unspecified atom stereocenters. The zero-order chi connectivity index (χ0) is 22.5. The number of hydrogen-bond acceptors (Lipinski definition) is 5. The van der Waals surface area contributed by atoms with Gasteiger partial charge in [-0.25, -0.2) is 0 Å². The van der Waals surface area contributed by atoms with Crippen LogP contribution in [0.3, 0.4) is 0 Å². The first-order valence-corrected chi connectivity index (χ1v) is 8.84. The van der Waals surface area contributed by atoms with Crippen LogP contribution in [0.1, 0.15) is 29.7 Å². The fraction of sp³-hybridized carbons (Fsp3) is 0.300. The van der Waals surface area contributed by atoms with Crippen LogP contribution >= 0.6 is 0 Å². The van der Waals surface area contributed by atoms with Crippen LogP contribution in [0.2, 0.25) is 0 Å². The number of methoxy groups -OCH3 is 2. The van der Waals surface area contributed by atoms with Gasteiger partial charge in [-0.3, -0.25) is 4.79 Å². The number of nitrogens with one attached hydrogen (secondary N) is 2. The molecule has 4 N–H and O–H groups in total. The second-order valence-electron chi connectivity index (χ2n) is 6.34. The van der Waals surface area contributed by atoms with Gasteiger partial charge in [0.05, 0.1) is 25.8 Å². The Morgan fingerprint density at radius 1 is 1.13 bits per heavy atom. The Morgan fingerprint density at radius 2 is 1.77 bits per heavy atom. The van der Waals surface area contributed by atoms with E-state index in [1.807, 2.05) is 0 Å². The van der Waals surface area contributed by atoms with E-state index >= 15 is 0 Å². The summed E-state index contributed by atoms with van der Waals surface area (Å²) < 4.78 is 50.0. The van der Waals surface area contributed by atoms with Gasteiger partial charge in [0.1, 0.15) is 5.84 Å². The van der Waals surface area contributed by atoms with Gasteiger partial charge in [-0.15, -0.1) is 0 Å². The van der Waals surface area contributed by atoms with Crippen molar-refractivity contribution in [3.8, 4) is 11.5 Å². The molecule has 0 radical (unpaired) electrons. The highest BCUT2D eigenvalue weighted by atomic mass is 19.4. The molecule has 1 atom stereocenters. The monoisotopic (exact) mass is 424 g/mol. The van der Waals surface area contributed by atoms with Crippen molar-refractivity contribution in [3.05, 3.63) is 47.0 Å². The number of amidine groups is 1. The fourth-order valence-corrected chi connectivity index (χ4v) is 2.90. The highest BCUT2D eigenvalue weighted by molar-refractivity contribution is 6.07. The number of alkyl halides is 3. The number of aliphatic imine (C=N–C) groups is 1. The Morgan fingerprint density at radius 3 is 2.30 bits per heavy atom. The van der Waals surface area contributed by atoms with E-state index in [-0.39, 0.29) is 17.1 Å². The molecule has 0 saturated carbocycles. The van der Waals surface area contributed by atoms with Gasteiger partial charge in [0.25, 0.3) is 0 Å². The van der Waals surface area contributed by atoms with Crippen LogP contribution in [0.25, 0.3) is 0 Å². The highest BCUT2D eigenvalue weighted by Gasteiger charge is 2.31. The first-order chi connectivity index (χ1) is 14.1. The molecule has 2 rings (SSSR count). The van der Waals surface area contributed by atoms with Crippen molar-refractivity contribution in [1.82, 2.24) is 5.32 Å². The summed E-state index contributed by atoms with van der Waals surface area (Å²) in [5.74, 6) is 0.983. The molecule has 0 saturated heterocycles. The van der Waals surface area contributed by atoms with Crippen molar-refractivity contribution in [1.29, 1.82) is 0 Å². The van der Waals surface area contributed by atoms with Crippen molar-refractivity contribution >= 4 is 23.6 Å². The summed E-state index contributed by atoms with van der Waals surface area (Å²) in [6.45, 7) is 1.63. The Labute approximate surface area is 172 Å². The topological polar surface area (TPSA) is 98.0 Å². The van der Waals surface area contributed by atoms with Crippen molar-refractivity contribution < 1.29 is 27.4 Å². The van der Waals surface area contributed by atoms with Gasteiger partial charge in [0.15, 0.2) is 11.5 Å². The minimum atomic E-state index is -4.54. The second kappa shape index (κ2) is 9.38. The summed E-state index contributed by atoms with van der Waals surface area (Å²) in [6, 6.07) is 5.91. The van der Waals surface area contributed by atoms with E-state index in [4.69, 9.17) is 15.2 Å². The van der Waals surface area contributed by atoms with Gasteiger partial charge in [0, 0.05) is 30.1 Å². The Hall–Kier alpha value is -3.43. The fourth-order valence-electron chi connectivity index (χ4n) is 2.90. The summed E-state index contributed by atoms with van der Waals surface area (Å²) in [5, 5.41) is 5.95. The third-order valence-electron chi connectivity index (χ3n) is 4.39. The van der Waals surface area contributed by atoms with Crippen LogP contribution in [0.5, 0.6) is 11.5 Å². The van der Waals surface area contributed by atoms with Gasteiger partial charge in [-0.05, 0) is 36.8 Å². The molecule has 0 aliphatic carbocycles. The van der Waals surface area contributed by atoms with Crippen LogP contribution in [-0.4, -0.2) is 33.5 Å². The summed E-state index contributed by atoms with van der Waals surface area (Å²) >= 11 is 0. The standard InChI is InChI=1S/C20H23F3N4O3/c1-11(12-5-13(20(21,22)23)7-14(24)6-12)27-19(26-10-28)15-8-17(29-3)18(30-4)9-16(15)25-2/h5-11,25H,24H2,1-4H3,(H,26,27,28). The summed E-state index contributed by atoms with van der Waals surface area (Å²) in [7, 11) is 4.61. The van der Waals surface area contributed by atoms with Gasteiger partial charge in [0.2, 0.25) is 6.41 Å². The number of amides is 1. The van der Waals surface area contributed by atoms with E-state index in [9.17, 15) is 18.0 Å². The SMILES string of the molecule is CNc1cc(OC)c(OC)cc1/C(=N\C=O)NC(C)c1cc(N)cc(C(F)(F)F)c1. The quantitative estimate of drug-likeness (QED) is 0.272. The third-order valence-corrected chi connectivity index (χ3v) is 4.39. The first kappa shape index (κ1) is 22.9. The number of nitrogens with two attached hydrogens (primary N) is 1. The van der Waals surface area contributed by atoms with E-state index in [2.05, 4.69) is 15.6 Å². The summed E-state index contributed by atoms with van der Waals surface area (Å²) in [5.41, 5.74) is 6.09. The lowest BCUT2D eigenvalue weighted by Crippen LogP contribution is -2.29. The van der Waals surface area contributed by atoms with Crippen LogP contribution in [0.4, 0.5) is 24.5 Å². The van der Waals surface area contributed by atoms with Crippen LogP contribution in [0, 0.1) is 0 Å². The Balaban J connectivity index is 2.48. The molecule has 2 aromatic carbocycles. The minimum Gasteiger partial charge on any atom is -0.493 e. The zero-order valence-corrected chi connectivity index (χ0v) is 16.9. The maximum Gasteiger partial charge on any atom is 0.416 e. The number of ether oxygens (including phenoxy) is 2. The largest absolute Gasteiger partial charge is 0.493 e. The number of halogens is 3. The summed E-state index contributed by atoms with van der Waals surface area (Å²) in [6.07, 6.45) is -4.20. The number of anilines is 2. The smallest absolute Gasteiger partial charge is 0.416 e. The molecule has 0 bridgehead atoms. The number of rotatable bonds is 7. The van der Waals surface area contributed by atoms with Crippen LogP contribution < -0.4 is 25.8 Å². The second-order valence-corrected chi connectivity index (χ2v) is 6.34. The molecule has 0 fully saturated rings. The molecule has 0 aromatic heterocycles. The van der Waals surface area contributed by atoms with E-state index in [0.29, 0.717) is 29.2 Å². The van der Waals surface area contributed by atoms with Crippen molar-refractivity contribution in [2.45, 2.75) is 19.1 Å². The molecular weight excluding hydrogens is 401 g/mol. The van der Waals surface area contributed by atoms with Gasteiger partial charge in [-0.2, -0.15) is 18.2 Å². The van der Waals surface area contributed by atoms with Gasteiger partial charge in [-0.1, -0.05) is 0 Å². The van der Waals surface area contributed by atoms with E-state index in [1.165, 1.54) is 20.3 Å². The lowest BCUT2D eigenvalue weighted by atomic mass is 10.0. The molecule has 1 amide bonds. The minimum absolute atomic E-state index is 0.0237. The number of hydrogen-bond donors (Lipinski definition) is 3. The molecule has 2 aromatic rings. The molecule has 0 aliphatic rings. The first-order valence-electron chi connectivity index (χ1n) is 8.84. The Bertz CT molecular complexity index is 946. The molecule has 0 aliphatic heterocycles. The average molecular weight is 424 g/mol. The van der Waals surface area contributed by atoms with E-state index < -0.39 is 17.8 Å². The number of nitrogens with zero attached hydrogens (tertiary/aromatic N) is 1. The Kier molecular flexibility index (Phi) is 7.14. The summed E-state index contributed by atoms with van der Waals surface area (Å²) in [4.78, 5) is 15.0. The predicted octanol–water partition coefficient (Wildman–Crippen LogP) is 3.60. The van der Waals surface area contributed by atoms with Crippen LogP contribution in [-0.2, 0) is 11.0 Å². The molecule has 0 heterocycles. The van der Waals surface area contributed by atoms with Crippen molar-refractivity contribution in [2.75, 3.05) is 32.3 Å². The number of nitrogen functional groups attached to an aromatic ring is 1. The number of benzene rings is 2. The lowest BCUT2D eigenvalue weighted by molar-refractivity contribution is -0.137. The average Bonchev–Trinajstić information content (AvgIpc) is 2.71. The molecule has 0 spiro atoms. The van der Waals surface area contributed by atoms with E-state index in [0.717, 1.165) is 12.1 Å². The third kappa shape index (κ3) is 5.13. The molecule has 162 valence electrons. The normalized spacial score (nSPS) is 12.8. The molecule has 10 heteroatoms. The number of carbonyl (C=O) groups is 1.